The first-order valence-corrected chi connectivity index (χ1v) is 6.09. The first-order valence-electron chi connectivity index (χ1n) is 6.09. The minimum absolute atomic E-state index is 0.289. The first-order chi connectivity index (χ1) is 9.04. The van der Waals surface area contributed by atoms with Crippen molar-refractivity contribution < 1.29 is 19.2 Å². The second-order valence-corrected chi connectivity index (χ2v) is 4.06. The number of aliphatic carboxylic acids is 1. The summed E-state index contributed by atoms with van der Waals surface area (Å²) >= 11 is 0. The van der Waals surface area contributed by atoms with Crippen LogP contribution < -0.4 is 10.6 Å². The number of aromatic nitrogens is 2. The third-order valence-electron chi connectivity index (χ3n) is 3.00. The molecule has 2 amide bonds. The molecule has 8 heteroatoms. The summed E-state index contributed by atoms with van der Waals surface area (Å²) in [5.74, 6) is -0.625. The number of carbonyl (C=O) groups excluding carboxylic acids is 1. The second kappa shape index (κ2) is 6.72. The molecule has 0 radical (unpaired) electrons. The van der Waals surface area contributed by atoms with Crippen LogP contribution >= 0.6 is 0 Å². The highest BCUT2D eigenvalue weighted by molar-refractivity contribution is 5.86. The molecule has 0 atom stereocenters. The van der Waals surface area contributed by atoms with Crippen LogP contribution in [0.1, 0.15) is 32.6 Å². The fourth-order valence-electron chi connectivity index (χ4n) is 1.63. The Hall–Kier alpha value is -2.12. The Labute approximate surface area is 110 Å². The van der Waals surface area contributed by atoms with E-state index in [1.54, 1.807) is 13.8 Å². The highest BCUT2D eigenvalue weighted by atomic mass is 16.5. The molecule has 0 aliphatic carbocycles. The van der Waals surface area contributed by atoms with Crippen LogP contribution in [0.15, 0.2) is 10.9 Å². The van der Waals surface area contributed by atoms with E-state index in [-0.39, 0.29) is 6.54 Å². The monoisotopic (exact) mass is 270 g/mol. The van der Waals surface area contributed by atoms with Gasteiger partial charge in [0, 0.05) is 13.0 Å². The number of rotatable bonds is 7. The van der Waals surface area contributed by atoms with E-state index in [1.165, 1.54) is 6.33 Å². The van der Waals surface area contributed by atoms with Crippen LogP contribution in [0.4, 0.5) is 4.79 Å². The van der Waals surface area contributed by atoms with Crippen molar-refractivity contribution in [3.05, 3.63) is 12.2 Å². The molecule has 1 rings (SSSR count). The largest absolute Gasteiger partial charge is 0.480 e. The Balaban J connectivity index is 2.43. The van der Waals surface area contributed by atoms with Gasteiger partial charge in [-0.1, -0.05) is 19.0 Å². The van der Waals surface area contributed by atoms with Gasteiger partial charge in [-0.05, 0) is 12.8 Å². The zero-order chi connectivity index (χ0) is 14.3. The molecule has 0 unspecified atom stereocenters. The average Bonchev–Trinajstić information content (AvgIpc) is 2.89. The summed E-state index contributed by atoms with van der Waals surface area (Å²) in [6.07, 6.45) is 2.30. The lowest BCUT2D eigenvalue weighted by molar-refractivity contribution is -0.144. The van der Waals surface area contributed by atoms with E-state index >= 15 is 0 Å². The van der Waals surface area contributed by atoms with Crippen molar-refractivity contribution in [2.45, 2.75) is 38.6 Å². The van der Waals surface area contributed by atoms with Crippen molar-refractivity contribution in [2.75, 3.05) is 6.54 Å². The van der Waals surface area contributed by atoms with E-state index < -0.39 is 17.5 Å². The maximum atomic E-state index is 11.7. The van der Waals surface area contributed by atoms with E-state index in [0.29, 0.717) is 25.2 Å². The van der Waals surface area contributed by atoms with E-state index in [2.05, 4.69) is 20.8 Å². The van der Waals surface area contributed by atoms with Gasteiger partial charge >= 0.3 is 12.0 Å². The lowest BCUT2D eigenvalue weighted by Gasteiger charge is -2.27. The molecule has 0 saturated carbocycles. The van der Waals surface area contributed by atoms with E-state index in [4.69, 9.17) is 4.52 Å². The Morgan fingerprint density at radius 2 is 2.11 bits per heavy atom. The number of carboxylic acid groups (broad SMARTS) is 1. The van der Waals surface area contributed by atoms with Gasteiger partial charge in [-0.25, -0.2) is 9.59 Å². The normalized spacial score (nSPS) is 11.1. The topological polar surface area (TPSA) is 117 Å². The van der Waals surface area contributed by atoms with Gasteiger partial charge in [0.1, 0.15) is 5.54 Å². The number of nitrogens with zero attached hydrogens (tertiary/aromatic N) is 2. The number of carbonyl (C=O) groups is 2. The summed E-state index contributed by atoms with van der Waals surface area (Å²) in [5.41, 5.74) is -1.23. The number of amides is 2. The summed E-state index contributed by atoms with van der Waals surface area (Å²) in [7, 11) is 0. The van der Waals surface area contributed by atoms with Crippen molar-refractivity contribution in [1.29, 1.82) is 0 Å². The quantitative estimate of drug-likeness (QED) is 0.666. The van der Waals surface area contributed by atoms with Crippen molar-refractivity contribution in [3.8, 4) is 0 Å². The van der Waals surface area contributed by atoms with Gasteiger partial charge in [0.15, 0.2) is 6.33 Å². The number of hydrogen-bond acceptors (Lipinski definition) is 5. The fourth-order valence-corrected chi connectivity index (χ4v) is 1.63. The molecule has 0 aliphatic heterocycles. The molecule has 0 aromatic carbocycles. The zero-order valence-electron chi connectivity index (χ0n) is 11.0. The van der Waals surface area contributed by atoms with Gasteiger partial charge in [-0.3, -0.25) is 0 Å². The number of hydrogen-bond donors (Lipinski definition) is 3. The van der Waals surface area contributed by atoms with Crippen LogP contribution in [0, 0.1) is 0 Å². The zero-order valence-corrected chi connectivity index (χ0v) is 11.0. The average molecular weight is 270 g/mol. The molecule has 0 aliphatic rings. The molecule has 106 valence electrons. The van der Waals surface area contributed by atoms with Gasteiger partial charge < -0.3 is 20.3 Å². The van der Waals surface area contributed by atoms with E-state index in [0.717, 1.165) is 0 Å². The van der Waals surface area contributed by atoms with Crippen LogP contribution in [-0.2, 0) is 11.2 Å². The molecule has 19 heavy (non-hydrogen) atoms. The van der Waals surface area contributed by atoms with Crippen LogP contribution in [0.25, 0.3) is 0 Å². The molecule has 1 heterocycles. The highest BCUT2D eigenvalue weighted by Gasteiger charge is 2.36. The Morgan fingerprint density at radius 3 is 2.58 bits per heavy atom. The van der Waals surface area contributed by atoms with Crippen LogP contribution in [0.2, 0.25) is 0 Å². The molecular weight excluding hydrogens is 252 g/mol. The lowest BCUT2D eigenvalue weighted by Crippen LogP contribution is -2.56. The van der Waals surface area contributed by atoms with Crippen LogP contribution in [-0.4, -0.2) is 39.3 Å². The van der Waals surface area contributed by atoms with Crippen LogP contribution in [0.5, 0.6) is 0 Å². The number of carboxylic acids is 1. The predicted octanol–water partition coefficient (Wildman–Crippen LogP) is 0.555. The summed E-state index contributed by atoms with van der Waals surface area (Å²) in [5, 5.41) is 17.7. The fraction of sp³-hybridized carbons (Fsp3) is 0.636. The van der Waals surface area contributed by atoms with Gasteiger partial charge in [0.05, 0.1) is 0 Å². The van der Waals surface area contributed by atoms with Crippen molar-refractivity contribution in [1.82, 2.24) is 20.8 Å². The first kappa shape index (κ1) is 14.9. The molecule has 0 spiro atoms. The second-order valence-electron chi connectivity index (χ2n) is 4.06. The summed E-state index contributed by atoms with van der Waals surface area (Å²) in [6, 6.07) is -0.523. The molecule has 3 N–H and O–H groups in total. The van der Waals surface area contributed by atoms with Gasteiger partial charge in [-0.15, -0.1) is 0 Å². The summed E-state index contributed by atoms with van der Waals surface area (Å²) < 4.78 is 4.77. The third-order valence-corrected chi connectivity index (χ3v) is 3.00. The molecule has 1 aromatic rings. The van der Waals surface area contributed by atoms with Crippen molar-refractivity contribution >= 4 is 12.0 Å². The standard InChI is InChI=1S/C11H18N4O4/c1-3-11(4-2,9(16)17)15-10(18)12-6-5-8-13-7-14-19-8/h7H,3-6H2,1-2H3,(H,16,17)(H2,12,15,18). The molecule has 8 nitrogen and oxygen atoms in total. The van der Waals surface area contributed by atoms with Crippen molar-refractivity contribution in [3.63, 3.8) is 0 Å². The molecular formula is C11H18N4O4. The van der Waals surface area contributed by atoms with Gasteiger partial charge in [0.2, 0.25) is 5.89 Å². The predicted molar refractivity (Wildman–Crippen MR) is 65.5 cm³/mol. The van der Waals surface area contributed by atoms with E-state index in [9.17, 15) is 14.7 Å². The smallest absolute Gasteiger partial charge is 0.329 e. The highest BCUT2D eigenvalue weighted by Crippen LogP contribution is 2.15. The lowest BCUT2D eigenvalue weighted by atomic mass is 9.93. The summed E-state index contributed by atoms with van der Waals surface area (Å²) in [6.45, 7) is 3.73. The minimum Gasteiger partial charge on any atom is -0.480 e. The van der Waals surface area contributed by atoms with Gasteiger partial charge in [0.25, 0.3) is 0 Å². The number of nitrogens with one attached hydrogen (secondary N) is 2. The SMILES string of the molecule is CCC(CC)(NC(=O)NCCc1ncno1)C(=O)O. The molecule has 1 aromatic heterocycles. The Bertz CT molecular complexity index is 414. The minimum atomic E-state index is -1.23. The van der Waals surface area contributed by atoms with Crippen LogP contribution in [0.3, 0.4) is 0 Å². The van der Waals surface area contributed by atoms with Crippen molar-refractivity contribution in [2.24, 2.45) is 0 Å². The summed E-state index contributed by atoms with van der Waals surface area (Å²) in [4.78, 5) is 26.7. The third kappa shape index (κ3) is 3.94. The maximum absolute atomic E-state index is 11.7. The number of urea groups is 1. The molecule has 0 bridgehead atoms. The molecule has 0 saturated heterocycles. The Morgan fingerprint density at radius 1 is 1.42 bits per heavy atom. The Kier molecular flexibility index (Phi) is 5.28. The maximum Gasteiger partial charge on any atom is 0.329 e. The molecule has 0 fully saturated rings. The van der Waals surface area contributed by atoms with E-state index in [1.807, 2.05) is 0 Å². The van der Waals surface area contributed by atoms with Gasteiger partial charge in [-0.2, -0.15) is 4.98 Å².